The SMILES string of the molecule is CNC(C)(CSc1cccs1)C(=O)OC. The summed E-state index contributed by atoms with van der Waals surface area (Å²) in [6.07, 6.45) is 0. The lowest BCUT2D eigenvalue weighted by atomic mass is 10.1. The first kappa shape index (κ1) is 12.5. The van der Waals surface area contributed by atoms with Crippen molar-refractivity contribution >= 4 is 29.1 Å². The van der Waals surface area contributed by atoms with Gasteiger partial charge in [0.15, 0.2) is 0 Å². The molecule has 0 bridgehead atoms. The van der Waals surface area contributed by atoms with E-state index in [1.165, 1.54) is 11.3 Å². The molecule has 1 rings (SSSR count). The van der Waals surface area contributed by atoms with Crippen LogP contribution in [0.2, 0.25) is 0 Å². The summed E-state index contributed by atoms with van der Waals surface area (Å²) in [4.78, 5) is 11.5. The van der Waals surface area contributed by atoms with E-state index in [4.69, 9.17) is 4.74 Å². The number of ether oxygens (including phenoxy) is 1. The largest absolute Gasteiger partial charge is 0.468 e. The maximum atomic E-state index is 11.5. The van der Waals surface area contributed by atoms with Crippen molar-refractivity contribution < 1.29 is 9.53 Å². The molecule has 0 fully saturated rings. The lowest BCUT2D eigenvalue weighted by Gasteiger charge is -2.25. The monoisotopic (exact) mass is 245 g/mol. The molecule has 1 unspecified atom stereocenters. The molecule has 1 aromatic heterocycles. The van der Waals surface area contributed by atoms with Crippen LogP contribution in [0.1, 0.15) is 6.92 Å². The Labute approximate surface area is 98.2 Å². The highest BCUT2D eigenvalue weighted by atomic mass is 32.2. The minimum absolute atomic E-state index is 0.228. The Morgan fingerprint density at radius 1 is 1.73 bits per heavy atom. The highest BCUT2D eigenvalue weighted by molar-refractivity contribution is 8.01. The van der Waals surface area contributed by atoms with Crippen LogP contribution in [0, 0.1) is 0 Å². The number of rotatable bonds is 5. The molecule has 1 heterocycles. The van der Waals surface area contributed by atoms with Crippen LogP contribution in [0.4, 0.5) is 0 Å². The Hall–Kier alpha value is -0.520. The second kappa shape index (κ2) is 5.53. The second-order valence-corrected chi connectivity index (χ2v) is 5.52. The van der Waals surface area contributed by atoms with Gasteiger partial charge in [-0.1, -0.05) is 6.07 Å². The Morgan fingerprint density at radius 2 is 2.47 bits per heavy atom. The van der Waals surface area contributed by atoms with E-state index >= 15 is 0 Å². The molecule has 0 aliphatic rings. The first-order valence-corrected chi connectivity index (χ1v) is 6.42. The van der Waals surface area contributed by atoms with Gasteiger partial charge in [0.05, 0.1) is 11.3 Å². The molecule has 3 nitrogen and oxygen atoms in total. The molecule has 0 amide bonds. The third-order valence-electron chi connectivity index (χ3n) is 2.19. The summed E-state index contributed by atoms with van der Waals surface area (Å²) >= 11 is 3.33. The number of thiophene rings is 1. The number of hydrogen-bond donors (Lipinski definition) is 1. The van der Waals surface area contributed by atoms with Crippen LogP contribution in [-0.2, 0) is 9.53 Å². The van der Waals surface area contributed by atoms with Crippen molar-refractivity contribution in [1.29, 1.82) is 0 Å². The minimum Gasteiger partial charge on any atom is -0.468 e. The van der Waals surface area contributed by atoms with Gasteiger partial charge in [0.1, 0.15) is 5.54 Å². The molecule has 0 spiro atoms. The lowest BCUT2D eigenvalue weighted by molar-refractivity contribution is -0.146. The predicted molar refractivity (Wildman–Crippen MR) is 64.5 cm³/mol. The molecular weight excluding hydrogens is 230 g/mol. The Morgan fingerprint density at radius 3 is 2.93 bits per heavy atom. The summed E-state index contributed by atoms with van der Waals surface area (Å²) < 4.78 is 5.97. The zero-order chi connectivity index (χ0) is 11.3. The normalized spacial score (nSPS) is 14.6. The smallest absolute Gasteiger partial charge is 0.326 e. The van der Waals surface area contributed by atoms with Crippen LogP contribution in [0.25, 0.3) is 0 Å². The van der Waals surface area contributed by atoms with Crippen molar-refractivity contribution in [2.45, 2.75) is 16.7 Å². The molecular formula is C10H15NO2S2. The van der Waals surface area contributed by atoms with Gasteiger partial charge in [-0.25, -0.2) is 0 Å². The molecule has 1 aromatic rings. The van der Waals surface area contributed by atoms with E-state index in [0.717, 1.165) is 0 Å². The first-order valence-electron chi connectivity index (χ1n) is 4.56. The number of carbonyl (C=O) groups excluding carboxylic acids is 1. The maximum absolute atomic E-state index is 11.5. The number of esters is 1. The van der Waals surface area contributed by atoms with E-state index in [1.54, 1.807) is 30.1 Å². The van der Waals surface area contributed by atoms with Crippen molar-refractivity contribution in [3.8, 4) is 0 Å². The minimum atomic E-state index is -0.622. The molecule has 84 valence electrons. The van der Waals surface area contributed by atoms with E-state index in [-0.39, 0.29) is 5.97 Å². The van der Waals surface area contributed by atoms with Crippen molar-refractivity contribution in [3.05, 3.63) is 17.5 Å². The zero-order valence-corrected chi connectivity index (χ0v) is 10.7. The van der Waals surface area contributed by atoms with Crippen molar-refractivity contribution in [2.75, 3.05) is 19.9 Å². The van der Waals surface area contributed by atoms with Gasteiger partial charge in [0, 0.05) is 5.75 Å². The maximum Gasteiger partial charge on any atom is 0.326 e. The van der Waals surface area contributed by atoms with E-state index in [2.05, 4.69) is 5.32 Å². The van der Waals surface area contributed by atoms with Crippen molar-refractivity contribution in [3.63, 3.8) is 0 Å². The molecule has 0 saturated heterocycles. The summed E-state index contributed by atoms with van der Waals surface area (Å²) in [5, 5.41) is 5.03. The summed E-state index contributed by atoms with van der Waals surface area (Å²) in [6, 6.07) is 4.05. The highest BCUT2D eigenvalue weighted by Gasteiger charge is 2.32. The number of nitrogens with one attached hydrogen (secondary N) is 1. The molecule has 0 aliphatic carbocycles. The molecule has 0 radical (unpaired) electrons. The lowest BCUT2D eigenvalue weighted by Crippen LogP contribution is -2.50. The Bertz CT molecular complexity index is 313. The third kappa shape index (κ3) is 3.22. The van der Waals surface area contributed by atoms with Gasteiger partial charge < -0.3 is 10.1 Å². The molecule has 0 aromatic carbocycles. The third-order valence-corrected chi connectivity index (χ3v) is 4.63. The van der Waals surface area contributed by atoms with E-state index in [1.807, 2.05) is 24.4 Å². The molecule has 15 heavy (non-hydrogen) atoms. The van der Waals surface area contributed by atoms with Gasteiger partial charge >= 0.3 is 5.97 Å². The van der Waals surface area contributed by atoms with Gasteiger partial charge in [-0.2, -0.15) is 0 Å². The number of methoxy groups -OCH3 is 1. The molecule has 5 heteroatoms. The topological polar surface area (TPSA) is 38.3 Å². The van der Waals surface area contributed by atoms with Crippen LogP contribution in [0.3, 0.4) is 0 Å². The highest BCUT2D eigenvalue weighted by Crippen LogP contribution is 2.27. The fraction of sp³-hybridized carbons (Fsp3) is 0.500. The number of thioether (sulfide) groups is 1. The summed E-state index contributed by atoms with van der Waals surface area (Å²) in [5.74, 6) is 0.436. The predicted octanol–water partition coefficient (Wildman–Crippen LogP) is 1.99. The number of likely N-dealkylation sites (N-methyl/N-ethyl adjacent to an activating group) is 1. The summed E-state index contributed by atoms with van der Waals surface area (Å²) in [6.45, 7) is 1.85. The average molecular weight is 245 g/mol. The van der Waals surface area contributed by atoms with Crippen LogP contribution >= 0.6 is 23.1 Å². The van der Waals surface area contributed by atoms with Crippen molar-refractivity contribution in [1.82, 2.24) is 5.32 Å². The van der Waals surface area contributed by atoms with Crippen LogP contribution in [-0.4, -0.2) is 31.4 Å². The van der Waals surface area contributed by atoms with Gasteiger partial charge in [-0.05, 0) is 25.4 Å². The van der Waals surface area contributed by atoms with Crippen molar-refractivity contribution in [2.24, 2.45) is 0 Å². The van der Waals surface area contributed by atoms with Gasteiger partial charge in [0.25, 0.3) is 0 Å². The Balaban J connectivity index is 2.57. The first-order chi connectivity index (χ1) is 7.12. The second-order valence-electron chi connectivity index (χ2n) is 3.29. The van der Waals surface area contributed by atoms with Crippen LogP contribution < -0.4 is 5.32 Å². The quantitative estimate of drug-likeness (QED) is 0.636. The number of carbonyl (C=O) groups is 1. The van der Waals surface area contributed by atoms with Crippen LogP contribution in [0.15, 0.2) is 21.7 Å². The standard InChI is InChI=1S/C10H15NO2S2/c1-10(11-2,9(12)13-3)7-15-8-5-4-6-14-8/h4-6,11H,7H2,1-3H3. The van der Waals surface area contributed by atoms with Crippen LogP contribution in [0.5, 0.6) is 0 Å². The van der Waals surface area contributed by atoms with Gasteiger partial charge in [-0.15, -0.1) is 23.1 Å². The fourth-order valence-electron chi connectivity index (χ4n) is 1.02. The molecule has 1 N–H and O–H groups in total. The Kier molecular flexibility index (Phi) is 4.63. The van der Waals surface area contributed by atoms with E-state index < -0.39 is 5.54 Å². The van der Waals surface area contributed by atoms with Gasteiger partial charge in [-0.3, -0.25) is 4.79 Å². The fourth-order valence-corrected chi connectivity index (χ4v) is 2.95. The van der Waals surface area contributed by atoms with E-state index in [9.17, 15) is 4.79 Å². The average Bonchev–Trinajstić information content (AvgIpc) is 2.77. The number of hydrogen-bond acceptors (Lipinski definition) is 5. The van der Waals surface area contributed by atoms with Gasteiger partial charge in [0.2, 0.25) is 0 Å². The summed E-state index contributed by atoms with van der Waals surface area (Å²) in [7, 11) is 3.18. The molecule has 1 atom stereocenters. The zero-order valence-electron chi connectivity index (χ0n) is 9.07. The molecule has 0 aliphatic heterocycles. The van der Waals surface area contributed by atoms with E-state index in [0.29, 0.717) is 5.75 Å². The molecule has 0 saturated carbocycles. The summed E-state index contributed by atoms with van der Waals surface area (Å²) in [5.41, 5.74) is -0.622.